The summed E-state index contributed by atoms with van der Waals surface area (Å²) in [4.78, 5) is 0. The van der Waals surface area contributed by atoms with Gasteiger partial charge in [0.2, 0.25) is 0 Å². The van der Waals surface area contributed by atoms with Gasteiger partial charge >= 0.3 is 0 Å². The van der Waals surface area contributed by atoms with Crippen LogP contribution in [-0.2, 0) is 25.2 Å². The normalized spacial score (nSPS) is 8.50. The first-order valence-corrected chi connectivity index (χ1v) is 5.40. The maximum absolute atomic E-state index is 5.03. The minimum absolute atomic E-state index is 0. The molecule has 0 spiro atoms. The van der Waals surface area contributed by atoms with Crippen molar-refractivity contribution in [2.24, 2.45) is 0 Å². The Bertz CT molecular complexity index is 25.5. The summed E-state index contributed by atoms with van der Waals surface area (Å²) in [6.07, 6.45) is 0. The molecule has 1 nitrogen and oxygen atoms in total. The van der Waals surface area contributed by atoms with Crippen LogP contribution < -0.4 is 0 Å². The monoisotopic (exact) mass is 301 g/mol. The summed E-state index contributed by atoms with van der Waals surface area (Å²) in [5.41, 5.74) is 0. The van der Waals surface area contributed by atoms with Crippen molar-refractivity contribution in [2.75, 3.05) is 0 Å². The van der Waals surface area contributed by atoms with E-state index in [2.05, 4.69) is 13.1 Å². The first-order valence-electron chi connectivity index (χ1n) is 1.80. The summed E-state index contributed by atoms with van der Waals surface area (Å²) in [7, 11) is 0.347. The van der Waals surface area contributed by atoms with E-state index >= 15 is 0 Å². The molecule has 0 saturated heterocycles. The topological polar surface area (TPSA) is 9.23 Å². The molecule has 0 aromatic carbocycles. The fraction of sp³-hybridized carbons (Fsp3) is 1.00. The third-order valence-electron chi connectivity index (χ3n) is 0.471. The molecule has 42 valence electrons. The van der Waals surface area contributed by atoms with Gasteiger partial charge in [0.25, 0.3) is 0 Å². The molecule has 0 atom stereocenters. The molecule has 0 heterocycles. The second-order valence-electron chi connectivity index (χ2n) is 1.28. The minimum Gasteiger partial charge on any atom is -0.466 e. The van der Waals surface area contributed by atoms with Gasteiger partial charge in [-0.1, -0.05) is 0 Å². The molecular weight excluding hydrogens is 291 g/mol. The van der Waals surface area contributed by atoms with Gasteiger partial charge in [-0.15, -0.1) is 0 Å². The predicted octanol–water partition coefficient (Wildman–Crippen LogP) is -0.736. The average molecular weight is 301 g/mol. The van der Waals surface area contributed by atoms with Crippen molar-refractivity contribution in [1.82, 2.24) is 0 Å². The Kier molecular flexibility index (Phi) is 10.3. The molecule has 0 N–H and O–H groups in total. The SMILES string of the molecule is C[SiH](C)O[SiH3].[Pt]. The molecule has 0 bridgehead atoms. The Morgan fingerprint density at radius 3 is 1.67 bits per heavy atom. The summed E-state index contributed by atoms with van der Waals surface area (Å²) in [6, 6.07) is 0. The molecule has 0 unspecified atom stereocenters. The maximum atomic E-state index is 5.03. The minimum atomic E-state index is -0.588. The molecule has 0 amide bonds. The predicted molar refractivity (Wildman–Crippen MR) is 29.9 cm³/mol. The van der Waals surface area contributed by atoms with E-state index in [4.69, 9.17) is 4.12 Å². The smallest absolute Gasteiger partial charge is 0.156 e. The van der Waals surface area contributed by atoms with Crippen LogP contribution in [0.2, 0.25) is 13.1 Å². The van der Waals surface area contributed by atoms with Gasteiger partial charge in [-0.25, -0.2) is 0 Å². The number of hydrogen-bond acceptors (Lipinski definition) is 1. The Morgan fingerprint density at radius 2 is 1.67 bits per heavy atom. The van der Waals surface area contributed by atoms with E-state index in [-0.39, 0.29) is 21.1 Å². The summed E-state index contributed by atoms with van der Waals surface area (Å²) in [6.45, 7) is 4.35. The maximum Gasteiger partial charge on any atom is 0.156 e. The third kappa shape index (κ3) is 8.91. The van der Waals surface area contributed by atoms with Gasteiger partial charge in [0.15, 0.2) is 9.04 Å². The van der Waals surface area contributed by atoms with Crippen molar-refractivity contribution in [3.8, 4) is 0 Å². The van der Waals surface area contributed by atoms with E-state index in [1.807, 2.05) is 0 Å². The Labute approximate surface area is 58.0 Å². The van der Waals surface area contributed by atoms with E-state index in [1.54, 1.807) is 0 Å². The Morgan fingerprint density at radius 1 is 1.50 bits per heavy atom. The molecule has 0 rings (SSSR count). The first-order chi connectivity index (χ1) is 2.27. The van der Waals surface area contributed by atoms with Gasteiger partial charge in [-0.2, -0.15) is 0 Å². The van der Waals surface area contributed by atoms with Crippen LogP contribution in [0.15, 0.2) is 0 Å². The van der Waals surface area contributed by atoms with E-state index in [9.17, 15) is 0 Å². The zero-order valence-corrected chi connectivity index (χ0v) is 9.73. The molecule has 4 heteroatoms. The van der Waals surface area contributed by atoms with Gasteiger partial charge in [-0.05, 0) is 13.1 Å². The summed E-state index contributed by atoms with van der Waals surface area (Å²) < 4.78 is 5.03. The second-order valence-corrected chi connectivity index (χ2v) is 5.27. The summed E-state index contributed by atoms with van der Waals surface area (Å²) in [5, 5.41) is 0. The zero-order valence-electron chi connectivity index (χ0n) is 4.30. The van der Waals surface area contributed by atoms with Gasteiger partial charge < -0.3 is 4.12 Å². The average Bonchev–Trinajstić information content (AvgIpc) is 1.38. The Balaban J connectivity index is 0. The second kappa shape index (κ2) is 6.08. The van der Waals surface area contributed by atoms with E-state index < -0.39 is 9.04 Å². The van der Waals surface area contributed by atoms with Crippen molar-refractivity contribution < 1.29 is 25.2 Å². The molecule has 0 fully saturated rings. The molecule has 0 saturated carbocycles. The molecule has 0 aromatic rings. The molecule has 0 aliphatic heterocycles. The fourth-order valence-electron chi connectivity index (χ4n) is 0. The van der Waals surface area contributed by atoms with Crippen molar-refractivity contribution in [3.05, 3.63) is 0 Å². The van der Waals surface area contributed by atoms with Crippen molar-refractivity contribution >= 4 is 19.5 Å². The molecule has 0 aromatic heterocycles. The van der Waals surface area contributed by atoms with Crippen LogP contribution in [-0.4, -0.2) is 19.5 Å². The third-order valence-corrected chi connectivity index (χ3v) is 4.24. The number of rotatable bonds is 1. The van der Waals surface area contributed by atoms with Gasteiger partial charge in [-0.3, -0.25) is 0 Å². The van der Waals surface area contributed by atoms with Crippen LogP contribution in [0.25, 0.3) is 0 Å². The van der Waals surface area contributed by atoms with Gasteiger partial charge in [0.05, 0.1) is 0 Å². The van der Waals surface area contributed by atoms with Crippen LogP contribution in [0, 0.1) is 0 Å². The van der Waals surface area contributed by atoms with E-state index in [1.165, 1.54) is 0 Å². The Hall–Kier alpha value is 1.08. The molecule has 0 radical (unpaired) electrons. The molecular formula is C2H10OPtSi2. The van der Waals surface area contributed by atoms with Crippen LogP contribution >= 0.6 is 0 Å². The standard InChI is InChI=1S/C2H10OSi2.Pt/c1-5(2)3-4;/h5H,1-2,4H3;. The quantitative estimate of drug-likeness (QED) is 0.580. The summed E-state index contributed by atoms with van der Waals surface area (Å²) >= 11 is 0. The van der Waals surface area contributed by atoms with Crippen molar-refractivity contribution in [1.29, 1.82) is 0 Å². The van der Waals surface area contributed by atoms with Crippen molar-refractivity contribution in [2.45, 2.75) is 13.1 Å². The summed E-state index contributed by atoms with van der Waals surface area (Å²) in [5.74, 6) is 0. The molecule has 0 aliphatic carbocycles. The van der Waals surface area contributed by atoms with Gasteiger partial charge in [0.1, 0.15) is 10.5 Å². The van der Waals surface area contributed by atoms with E-state index in [0.717, 1.165) is 10.5 Å². The van der Waals surface area contributed by atoms with Crippen LogP contribution in [0.1, 0.15) is 0 Å². The van der Waals surface area contributed by atoms with Crippen molar-refractivity contribution in [3.63, 3.8) is 0 Å². The first kappa shape index (κ1) is 10.1. The van der Waals surface area contributed by atoms with Crippen LogP contribution in [0.3, 0.4) is 0 Å². The van der Waals surface area contributed by atoms with E-state index in [0.29, 0.717) is 0 Å². The molecule has 6 heavy (non-hydrogen) atoms. The van der Waals surface area contributed by atoms with Crippen LogP contribution in [0.4, 0.5) is 0 Å². The van der Waals surface area contributed by atoms with Gasteiger partial charge in [0, 0.05) is 21.1 Å². The largest absolute Gasteiger partial charge is 0.466 e. The zero-order chi connectivity index (χ0) is 4.28. The van der Waals surface area contributed by atoms with Crippen LogP contribution in [0.5, 0.6) is 0 Å². The fourth-order valence-corrected chi connectivity index (χ4v) is 0. The molecule has 0 aliphatic rings. The number of hydrogen-bond donors (Lipinski definition) is 0.